The summed E-state index contributed by atoms with van der Waals surface area (Å²) >= 11 is 0. The zero-order chi connectivity index (χ0) is 28.6. The number of rotatable bonds is 10. The van der Waals surface area contributed by atoms with Gasteiger partial charge in [-0.2, -0.15) is 4.98 Å². The Balaban J connectivity index is 1.42. The molecule has 204 valence electrons. The van der Waals surface area contributed by atoms with Crippen LogP contribution in [0.2, 0.25) is 0 Å². The van der Waals surface area contributed by atoms with Crippen LogP contribution in [-0.2, 0) is 4.79 Å². The van der Waals surface area contributed by atoms with Gasteiger partial charge in [0.25, 0.3) is 5.91 Å². The molecule has 11 heteroatoms. The number of hydrogen-bond acceptors (Lipinski definition) is 8. The van der Waals surface area contributed by atoms with Crippen molar-refractivity contribution >= 4 is 40.6 Å². The molecule has 0 saturated carbocycles. The molecule has 2 aromatic heterocycles. The minimum atomic E-state index is -0.649. The second-order valence-corrected chi connectivity index (χ2v) is 8.93. The molecule has 2 aromatic carbocycles. The molecule has 4 aromatic rings. The first-order valence-corrected chi connectivity index (χ1v) is 12.3. The largest absolute Gasteiger partial charge is 0.457 e. The second-order valence-electron chi connectivity index (χ2n) is 8.93. The van der Waals surface area contributed by atoms with E-state index in [9.17, 15) is 14.0 Å². The third-order valence-corrected chi connectivity index (χ3v) is 5.71. The number of amides is 2. The molecule has 4 rings (SSSR count). The average Bonchev–Trinajstić information content (AvgIpc) is 2.95. The fraction of sp³-hybridized carbons (Fsp3) is 0.138. The first kappa shape index (κ1) is 27.7. The molecule has 2 heterocycles. The van der Waals surface area contributed by atoms with Gasteiger partial charge in [0.2, 0.25) is 11.9 Å². The van der Waals surface area contributed by atoms with E-state index in [1.54, 1.807) is 72.6 Å². The van der Waals surface area contributed by atoms with Gasteiger partial charge in [0.1, 0.15) is 17.2 Å². The Labute approximate surface area is 231 Å². The molecular weight excluding hydrogens is 513 g/mol. The summed E-state index contributed by atoms with van der Waals surface area (Å²) in [4.78, 5) is 38.1. The summed E-state index contributed by atoms with van der Waals surface area (Å²) < 4.78 is 20.3. The van der Waals surface area contributed by atoms with Gasteiger partial charge in [-0.05, 0) is 68.5 Å². The highest BCUT2D eigenvalue weighted by atomic mass is 19.1. The summed E-state index contributed by atoms with van der Waals surface area (Å²) in [5.41, 5.74) is 1.97. The van der Waals surface area contributed by atoms with Gasteiger partial charge < -0.3 is 25.6 Å². The molecule has 0 aliphatic rings. The van der Waals surface area contributed by atoms with Gasteiger partial charge in [-0.25, -0.2) is 9.37 Å². The molecule has 0 atom stereocenters. The number of nitrogens with zero attached hydrogens (tertiary/aromatic N) is 4. The molecule has 0 bridgehead atoms. The van der Waals surface area contributed by atoms with Gasteiger partial charge in [-0.1, -0.05) is 12.6 Å². The molecule has 0 radical (unpaired) electrons. The van der Waals surface area contributed by atoms with E-state index in [4.69, 9.17) is 4.74 Å². The predicted molar refractivity (Wildman–Crippen MR) is 152 cm³/mol. The maximum absolute atomic E-state index is 14.4. The van der Waals surface area contributed by atoms with Crippen LogP contribution in [0.1, 0.15) is 24.3 Å². The first-order chi connectivity index (χ1) is 19.2. The van der Waals surface area contributed by atoms with E-state index in [2.05, 4.69) is 37.5 Å². The van der Waals surface area contributed by atoms with Crippen molar-refractivity contribution in [1.82, 2.24) is 19.9 Å². The standard InChI is InChI=1S/C29H28FN7O3/c1-5-26(38)33-20-7-6-8-21(15-20)34-27-24(30)17-32-29(36-27)35-19-9-11-22(12-10-19)40-23-13-14-31-25(16-23)28(39)37(4)18(2)3/h5-18H,1H2,2-4H3,(H,33,38)(H2,32,34,35,36). The van der Waals surface area contributed by atoms with Crippen LogP contribution in [0, 0.1) is 5.82 Å². The van der Waals surface area contributed by atoms with E-state index in [1.165, 1.54) is 6.20 Å². The van der Waals surface area contributed by atoms with Crippen LogP contribution in [0.15, 0.2) is 85.7 Å². The Morgan fingerprint density at radius 3 is 2.45 bits per heavy atom. The van der Waals surface area contributed by atoms with E-state index < -0.39 is 5.82 Å². The summed E-state index contributed by atoms with van der Waals surface area (Å²) in [5, 5.41) is 8.57. The molecule has 40 heavy (non-hydrogen) atoms. The molecule has 0 unspecified atom stereocenters. The maximum atomic E-state index is 14.4. The molecule has 0 aliphatic heterocycles. The van der Waals surface area contributed by atoms with Gasteiger partial charge >= 0.3 is 0 Å². The predicted octanol–water partition coefficient (Wildman–Crippen LogP) is 5.90. The van der Waals surface area contributed by atoms with Gasteiger partial charge in [0.15, 0.2) is 11.6 Å². The normalized spacial score (nSPS) is 10.5. The number of benzene rings is 2. The molecular formula is C29H28FN7O3. The lowest BCUT2D eigenvalue weighted by Crippen LogP contribution is -2.33. The number of anilines is 5. The average molecular weight is 542 g/mol. The quantitative estimate of drug-likeness (QED) is 0.212. The molecule has 0 aliphatic carbocycles. The van der Waals surface area contributed by atoms with E-state index in [-0.39, 0.29) is 35.3 Å². The van der Waals surface area contributed by atoms with E-state index in [0.29, 0.717) is 28.6 Å². The van der Waals surface area contributed by atoms with Crippen molar-refractivity contribution in [2.45, 2.75) is 19.9 Å². The second kappa shape index (κ2) is 12.5. The number of carbonyl (C=O) groups is 2. The van der Waals surface area contributed by atoms with Gasteiger partial charge in [0.05, 0.1) is 6.20 Å². The lowest BCUT2D eigenvalue weighted by atomic mass is 10.2. The number of nitrogens with one attached hydrogen (secondary N) is 3. The van der Waals surface area contributed by atoms with Crippen molar-refractivity contribution in [2.75, 3.05) is 23.0 Å². The smallest absolute Gasteiger partial charge is 0.272 e. The summed E-state index contributed by atoms with van der Waals surface area (Å²) in [5.74, 6) is -0.0653. The van der Waals surface area contributed by atoms with Crippen LogP contribution < -0.4 is 20.7 Å². The molecule has 3 N–H and O–H groups in total. The van der Waals surface area contributed by atoms with Gasteiger partial charge in [0, 0.05) is 42.4 Å². The fourth-order valence-electron chi connectivity index (χ4n) is 3.40. The van der Waals surface area contributed by atoms with Crippen LogP contribution in [0.3, 0.4) is 0 Å². The van der Waals surface area contributed by atoms with Crippen LogP contribution in [0.25, 0.3) is 0 Å². The minimum absolute atomic E-state index is 0.0405. The summed E-state index contributed by atoms with van der Waals surface area (Å²) in [7, 11) is 1.72. The van der Waals surface area contributed by atoms with Gasteiger partial charge in [-0.15, -0.1) is 0 Å². The number of pyridine rings is 1. The third-order valence-electron chi connectivity index (χ3n) is 5.71. The highest BCUT2D eigenvalue weighted by molar-refractivity contribution is 5.99. The van der Waals surface area contributed by atoms with E-state index in [1.807, 2.05) is 13.8 Å². The minimum Gasteiger partial charge on any atom is -0.457 e. The third kappa shape index (κ3) is 7.16. The number of halogens is 1. The van der Waals surface area contributed by atoms with Crippen molar-refractivity contribution in [2.24, 2.45) is 0 Å². The molecule has 10 nitrogen and oxygen atoms in total. The van der Waals surface area contributed by atoms with E-state index in [0.717, 1.165) is 12.3 Å². The van der Waals surface area contributed by atoms with Crippen molar-refractivity contribution in [3.8, 4) is 11.5 Å². The Hall–Kier alpha value is -5.32. The number of ether oxygens (including phenoxy) is 1. The summed E-state index contributed by atoms with van der Waals surface area (Å²) in [6, 6.07) is 17.0. The Morgan fingerprint density at radius 1 is 0.975 bits per heavy atom. The number of carbonyl (C=O) groups excluding carboxylic acids is 2. The molecule has 0 spiro atoms. The van der Waals surface area contributed by atoms with Crippen LogP contribution in [0.4, 0.5) is 33.2 Å². The van der Waals surface area contributed by atoms with Crippen molar-refractivity contribution in [3.63, 3.8) is 0 Å². The first-order valence-electron chi connectivity index (χ1n) is 12.3. The van der Waals surface area contributed by atoms with Crippen LogP contribution in [-0.4, -0.2) is 44.8 Å². The summed E-state index contributed by atoms with van der Waals surface area (Å²) in [6.07, 6.45) is 3.74. The maximum Gasteiger partial charge on any atom is 0.272 e. The number of aromatic nitrogens is 3. The molecule has 0 saturated heterocycles. The van der Waals surface area contributed by atoms with Crippen LogP contribution in [0.5, 0.6) is 11.5 Å². The Bertz CT molecular complexity index is 1530. The Kier molecular flexibility index (Phi) is 8.65. The lowest BCUT2D eigenvalue weighted by Gasteiger charge is -2.21. The fourth-order valence-corrected chi connectivity index (χ4v) is 3.40. The zero-order valence-electron chi connectivity index (χ0n) is 22.2. The van der Waals surface area contributed by atoms with Crippen molar-refractivity contribution in [1.29, 1.82) is 0 Å². The lowest BCUT2D eigenvalue weighted by molar-refractivity contribution is -0.111. The highest BCUT2D eigenvalue weighted by Crippen LogP contribution is 2.26. The number of hydrogen-bond donors (Lipinski definition) is 3. The van der Waals surface area contributed by atoms with Crippen LogP contribution >= 0.6 is 0 Å². The van der Waals surface area contributed by atoms with Crippen molar-refractivity contribution in [3.05, 3.63) is 97.2 Å². The monoisotopic (exact) mass is 541 g/mol. The SMILES string of the molecule is C=CC(=O)Nc1cccc(Nc2nc(Nc3ccc(Oc4ccnc(C(=O)N(C)C(C)C)c4)cc3)ncc2F)c1. The highest BCUT2D eigenvalue weighted by Gasteiger charge is 2.16. The summed E-state index contributed by atoms with van der Waals surface area (Å²) in [6.45, 7) is 7.27. The topological polar surface area (TPSA) is 121 Å². The Morgan fingerprint density at radius 2 is 1.73 bits per heavy atom. The van der Waals surface area contributed by atoms with Crippen molar-refractivity contribution < 1.29 is 18.7 Å². The zero-order valence-corrected chi connectivity index (χ0v) is 22.2. The molecule has 2 amide bonds. The molecule has 0 fully saturated rings. The van der Waals surface area contributed by atoms with Gasteiger partial charge in [-0.3, -0.25) is 14.6 Å². The van der Waals surface area contributed by atoms with E-state index >= 15 is 0 Å².